The smallest absolute Gasteiger partial charge is 0.408 e. The first-order valence-corrected chi connectivity index (χ1v) is 9.52. The normalized spacial score (nSPS) is 15.0. The van der Waals surface area contributed by atoms with Gasteiger partial charge in [-0.2, -0.15) is 5.10 Å². The van der Waals surface area contributed by atoms with E-state index in [-0.39, 0.29) is 23.6 Å². The van der Waals surface area contributed by atoms with E-state index >= 15 is 0 Å². The predicted octanol–water partition coefficient (Wildman–Crippen LogP) is 3.10. The molecule has 0 aliphatic heterocycles. The fraction of sp³-hybridized carbons (Fsp3) is 0.263. The summed E-state index contributed by atoms with van der Waals surface area (Å²) in [5, 5.41) is 11.8. The van der Waals surface area contributed by atoms with Crippen LogP contribution in [0.25, 0.3) is 0 Å². The zero-order valence-electron chi connectivity index (χ0n) is 15.9. The second kappa shape index (κ2) is 8.15. The Balaban J connectivity index is 1.44. The number of carbonyl (C=O) groups is 2. The van der Waals surface area contributed by atoms with Crippen LogP contribution in [0, 0.1) is 5.82 Å². The summed E-state index contributed by atoms with van der Waals surface area (Å²) in [4.78, 5) is 28.8. The number of amides is 2. The maximum Gasteiger partial charge on any atom is 0.408 e. The van der Waals surface area contributed by atoms with Crippen molar-refractivity contribution in [2.24, 2.45) is 7.05 Å². The van der Waals surface area contributed by atoms with Crippen LogP contribution in [0.1, 0.15) is 39.9 Å². The number of nitrogens with one attached hydrogen (secondary N) is 3. The van der Waals surface area contributed by atoms with Gasteiger partial charge in [-0.25, -0.2) is 14.2 Å². The van der Waals surface area contributed by atoms with E-state index in [1.807, 2.05) is 6.20 Å². The highest BCUT2D eigenvalue weighted by Gasteiger charge is 2.31. The Kier molecular flexibility index (Phi) is 5.40. The Labute approximate surface area is 175 Å². The summed E-state index contributed by atoms with van der Waals surface area (Å²) in [6, 6.07) is 3.72. The van der Waals surface area contributed by atoms with Gasteiger partial charge in [0.2, 0.25) is 0 Å². The minimum atomic E-state index is -0.589. The van der Waals surface area contributed by atoms with Crippen LogP contribution in [0.2, 0.25) is 5.02 Å². The van der Waals surface area contributed by atoms with Crippen LogP contribution in [-0.4, -0.2) is 31.7 Å². The number of fused-ring (bicyclic) bond motifs is 1. The van der Waals surface area contributed by atoms with Crippen LogP contribution >= 0.6 is 11.6 Å². The maximum atomic E-state index is 13.3. The van der Waals surface area contributed by atoms with Gasteiger partial charge in [-0.1, -0.05) is 11.6 Å². The molecule has 4 rings (SSSR count). The van der Waals surface area contributed by atoms with Crippen molar-refractivity contribution in [1.29, 1.82) is 0 Å². The molecule has 0 bridgehead atoms. The van der Waals surface area contributed by atoms with Crippen LogP contribution < -0.4 is 10.6 Å². The van der Waals surface area contributed by atoms with Crippen molar-refractivity contribution in [3.8, 4) is 0 Å². The van der Waals surface area contributed by atoms with Crippen molar-refractivity contribution in [1.82, 2.24) is 25.1 Å². The highest BCUT2D eigenvalue weighted by molar-refractivity contribution is 6.31. The number of halogens is 2. The Bertz CT molecular complexity index is 1100. The molecule has 0 saturated heterocycles. The number of H-pyrrole nitrogens is 1. The molecule has 1 aliphatic rings. The molecule has 1 aromatic carbocycles. The number of alkyl carbamates (subject to hydrolysis) is 1. The standard InChI is InChI=1S/C19H18ClFN6O3/c1-27-7-12-11(17(27)18(28)24-10-2-4-14(21)13(20)6-10)3-5-15(12)25-19(29)30-8-16-22-9-23-26-16/h2,4,6-7,9,15H,3,5,8H2,1H3,(H,24,28)(H,25,29)(H,22,23,26). The lowest BCUT2D eigenvalue weighted by Gasteiger charge is -2.12. The Morgan fingerprint density at radius 1 is 1.43 bits per heavy atom. The first kappa shape index (κ1) is 19.9. The molecule has 1 unspecified atom stereocenters. The van der Waals surface area contributed by atoms with E-state index in [2.05, 4.69) is 25.8 Å². The summed E-state index contributed by atoms with van der Waals surface area (Å²) in [5.74, 6) is -0.524. The molecule has 2 heterocycles. The third-order valence-corrected chi connectivity index (χ3v) is 5.15. The molecule has 2 amide bonds. The topological polar surface area (TPSA) is 114 Å². The Morgan fingerprint density at radius 3 is 3.00 bits per heavy atom. The lowest BCUT2D eigenvalue weighted by Crippen LogP contribution is -2.27. The molecule has 30 heavy (non-hydrogen) atoms. The Hall–Kier alpha value is -3.40. The summed E-state index contributed by atoms with van der Waals surface area (Å²) in [5.41, 5.74) is 2.57. The van der Waals surface area contributed by atoms with E-state index in [1.54, 1.807) is 11.6 Å². The van der Waals surface area contributed by atoms with Gasteiger partial charge < -0.3 is 19.9 Å². The number of hydrogen-bond donors (Lipinski definition) is 3. The number of rotatable bonds is 5. The molecule has 3 aromatic rings. The van der Waals surface area contributed by atoms with E-state index in [9.17, 15) is 14.0 Å². The molecule has 3 N–H and O–H groups in total. The molecule has 0 fully saturated rings. The van der Waals surface area contributed by atoms with Gasteiger partial charge in [0.1, 0.15) is 17.8 Å². The molecule has 9 nitrogen and oxygen atoms in total. The lowest BCUT2D eigenvalue weighted by molar-refractivity contribution is 0.101. The van der Waals surface area contributed by atoms with Gasteiger partial charge in [0.15, 0.2) is 12.4 Å². The number of carbonyl (C=O) groups excluding carboxylic acids is 2. The molecule has 1 aliphatic carbocycles. The predicted molar refractivity (Wildman–Crippen MR) is 106 cm³/mol. The summed E-state index contributed by atoms with van der Waals surface area (Å²) in [6.45, 7) is -0.0441. The van der Waals surface area contributed by atoms with Crippen molar-refractivity contribution in [3.63, 3.8) is 0 Å². The third kappa shape index (κ3) is 3.99. The van der Waals surface area contributed by atoms with E-state index in [0.717, 1.165) is 11.1 Å². The third-order valence-electron chi connectivity index (χ3n) is 4.86. The summed E-state index contributed by atoms with van der Waals surface area (Å²) >= 11 is 5.78. The molecule has 1 atom stereocenters. The fourth-order valence-electron chi connectivity index (χ4n) is 3.54. The van der Waals surface area contributed by atoms with Crippen molar-refractivity contribution < 1.29 is 18.7 Å². The molecule has 0 saturated carbocycles. The van der Waals surface area contributed by atoms with E-state index in [1.165, 1.54) is 24.5 Å². The quantitative estimate of drug-likeness (QED) is 0.573. The highest BCUT2D eigenvalue weighted by Crippen LogP contribution is 2.35. The number of hydrogen-bond acceptors (Lipinski definition) is 5. The monoisotopic (exact) mass is 432 g/mol. The number of aromatic amines is 1. The number of aryl methyl sites for hydroxylation is 1. The summed E-state index contributed by atoms with van der Waals surface area (Å²) < 4.78 is 20.2. The van der Waals surface area contributed by atoms with E-state index in [4.69, 9.17) is 16.3 Å². The SMILES string of the molecule is Cn1cc2c(c1C(=O)Nc1ccc(F)c(Cl)c1)CCC2NC(=O)OCc1nc[nH]n1. The van der Waals surface area contributed by atoms with Gasteiger partial charge in [-0.3, -0.25) is 9.89 Å². The van der Waals surface area contributed by atoms with Crippen LogP contribution in [-0.2, 0) is 24.8 Å². The van der Waals surface area contributed by atoms with Crippen LogP contribution in [0.3, 0.4) is 0 Å². The van der Waals surface area contributed by atoms with Gasteiger partial charge >= 0.3 is 6.09 Å². The molecule has 156 valence electrons. The van der Waals surface area contributed by atoms with Gasteiger partial charge in [-0.05, 0) is 42.2 Å². The zero-order chi connectivity index (χ0) is 21.3. The molecule has 0 spiro atoms. The van der Waals surface area contributed by atoms with Gasteiger partial charge in [-0.15, -0.1) is 0 Å². The fourth-order valence-corrected chi connectivity index (χ4v) is 3.72. The molecule has 2 aromatic heterocycles. The maximum absolute atomic E-state index is 13.3. The highest BCUT2D eigenvalue weighted by atomic mass is 35.5. The van der Waals surface area contributed by atoms with Crippen molar-refractivity contribution >= 4 is 29.3 Å². The number of nitrogens with zero attached hydrogens (tertiary/aromatic N) is 3. The molecular weight excluding hydrogens is 415 g/mol. The van der Waals surface area contributed by atoms with Gasteiger partial charge in [0, 0.05) is 18.9 Å². The van der Waals surface area contributed by atoms with E-state index in [0.29, 0.717) is 30.0 Å². The van der Waals surface area contributed by atoms with Crippen LogP contribution in [0.15, 0.2) is 30.7 Å². The minimum Gasteiger partial charge on any atom is -0.441 e. The van der Waals surface area contributed by atoms with Crippen LogP contribution in [0.5, 0.6) is 0 Å². The molecule has 11 heteroatoms. The summed E-state index contributed by atoms with van der Waals surface area (Å²) in [7, 11) is 1.75. The Morgan fingerprint density at radius 2 is 2.27 bits per heavy atom. The average Bonchev–Trinajstić information content (AvgIpc) is 3.41. The molecular formula is C19H18ClFN6O3. The van der Waals surface area contributed by atoms with Gasteiger partial charge in [0.25, 0.3) is 5.91 Å². The molecule has 0 radical (unpaired) electrons. The number of ether oxygens (including phenoxy) is 1. The van der Waals surface area contributed by atoms with Crippen molar-refractivity contribution in [2.45, 2.75) is 25.5 Å². The van der Waals surface area contributed by atoms with E-state index < -0.39 is 11.9 Å². The number of aromatic nitrogens is 4. The van der Waals surface area contributed by atoms with Crippen LogP contribution in [0.4, 0.5) is 14.9 Å². The van der Waals surface area contributed by atoms with Gasteiger partial charge in [0.05, 0.1) is 11.1 Å². The number of anilines is 1. The number of benzene rings is 1. The zero-order valence-corrected chi connectivity index (χ0v) is 16.7. The summed E-state index contributed by atoms with van der Waals surface area (Å²) in [6.07, 6.45) is 3.89. The average molecular weight is 433 g/mol. The minimum absolute atomic E-state index is 0.0441. The largest absolute Gasteiger partial charge is 0.441 e. The lowest BCUT2D eigenvalue weighted by atomic mass is 10.1. The first-order chi connectivity index (χ1) is 14.4. The second-order valence-corrected chi connectivity index (χ2v) is 7.24. The van der Waals surface area contributed by atoms with Crippen molar-refractivity contribution in [3.05, 3.63) is 64.2 Å². The van der Waals surface area contributed by atoms with Crippen molar-refractivity contribution in [2.75, 3.05) is 5.32 Å². The first-order valence-electron chi connectivity index (χ1n) is 9.15. The second-order valence-electron chi connectivity index (χ2n) is 6.83.